The van der Waals surface area contributed by atoms with E-state index in [2.05, 4.69) is 0 Å². The van der Waals surface area contributed by atoms with Gasteiger partial charge in [0.15, 0.2) is 23.3 Å². The fourth-order valence-corrected chi connectivity index (χ4v) is 2.04. The first kappa shape index (κ1) is 11.4. The fourth-order valence-electron chi connectivity index (χ4n) is 2.04. The Labute approximate surface area is 90.3 Å². The molecule has 88 valence electrons. The van der Waals surface area contributed by atoms with Gasteiger partial charge in [0.2, 0.25) is 0 Å². The van der Waals surface area contributed by atoms with Crippen molar-refractivity contribution in [3.8, 4) is 0 Å². The second-order valence-corrected chi connectivity index (χ2v) is 4.29. The normalized spacial score (nSPS) is 19.6. The van der Waals surface area contributed by atoms with Crippen LogP contribution in [0, 0.1) is 23.3 Å². The van der Waals surface area contributed by atoms with Crippen LogP contribution in [-0.2, 0) is 5.41 Å². The standard InChI is InChI=1S/C11H11F4N/c1-5(16)11(2-3-11)6-4-7(12)9(14)10(15)8(6)13/h4-5H,2-3,16H2,1H3. The van der Waals surface area contributed by atoms with Crippen LogP contribution < -0.4 is 5.73 Å². The van der Waals surface area contributed by atoms with Gasteiger partial charge in [0.1, 0.15) is 0 Å². The number of hydrogen-bond donors (Lipinski definition) is 1. The highest BCUT2D eigenvalue weighted by atomic mass is 19.2. The van der Waals surface area contributed by atoms with E-state index in [-0.39, 0.29) is 5.56 Å². The van der Waals surface area contributed by atoms with Gasteiger partial charge in [0.25, 0.3) is 0 Å². The van der Waals surface area contributed by atoms with Crippen molar-refractivity contribution in [2.45, 2.75) is 31.2 Å². The number of hydrogen-bond acceptors (Lipinski definition) is 1. The van der Waals surface area contributed by atoms with Crippen molar-refractivity contribution in [2.24, 2.45) is 5.73 Å². The lowest BCUT2D eigenvalue weighted by atomic mass is 9.89. The van der Waals surface area contributed by atoms with Crippen LogP contribution in [0.2, 0.25) is 0 Å². The zero-order chi connectivity index (χ0) is 12.1. The summed E-state index contributed by atoms with van der Waals surface area (Å²) in [4.78, 5) is 0. The van der Waals surface area contributed by atoms with Gasteiger partial charge in [-0.1, -0.05) is 0 Å². The average Bonchev–Trinajstić information content (AvgIpc) is 3.01. The molecule has 1 unspecified atom stereocenters. The molecule has 1 fully saturated rings. The van der Waals surface area contributed by atoms with Crippen molar-refractivity contribution >= 4 is 0 Å². The van der Waals surface area contributed by atoms with Crippen molar-refractivity contribution in [1.29, 1.82) is 0 Å². The lowest BCUT2D eigenvalue weighted by molar-refractivity contribution is 0.392. The molecule has 0 amide bonds. The highest BCUT2D eigenvalue weighted by molar-refractivity contribution is 5.36. The Hall–Kier alpha value is -1.10. The minimum Gasteiger partial charge on any atom is -0.327 e. The maximum Gasteiger partial charge on any atom is 0.197 e. The molecule has 1 aliphatic carbocycles. The van der Waals surface area contributed by atoms with Gasteiger partial charge in [0, 0.05) is 17.0 Å². The minimum absolute atomic E-state index is 0.154. The molecule has 1 aromatic carbocycles. The van der Waals surface area contributed by atoms with Gasteiger partial charge in [-0.2, -0.15) is 0 Å². The van der Waals surface area contributed by atoms with Gasteiger partial charge >= 0.3 is 0 Å². The monoisotopic (exact) mass is 233 g/mol. The molecule has 0 bridgehead atoms. The van der Waals surface area contributed by atoms with Gasteiger partial charge in [0.05, 0.1) is 0 Å². The van der Waals surface area contributed by atoms with Gasteiger partial charge in [-0.25, -0.2) is 17.6 Å². The predicted octanol–water partition coefficient (Wildman–Crippen LogP) is 2.62. The minimum atomic E-state index is -1.78. The van der Waals surface area contributed by atoms with Crippen LogP contribution in [0.5, 0.6) is 0 Å². The maximum atomic E-state index is 13.5. The second kappa shape index (κ2) is 3.45. The number of benzene rings is 1. The van der Waals surface area contributed by atoms with E-state index in [1.54, 1.807) is 6.92 Å². The van der Waals surface area contributed by atoms with Crippen molar-refractivity contribution in [3.63, 3.8) is 0 Å². The summed E-state index contributed by atoms with van der Waals surface area (Å²) in [6, 6.07) is 0.288. The molecule has 2 N–H and O–H groups in total. The van der Waals surface area contributed by atoms with Gasteiger partial charge in [-0.05, 0) is 25.8 Å². The predicted molar refractivity (Wildman–Crippen MR) is 50.8 cm³/mol. The molecule has 0 radical (unpaired) electrons. The molecule has 5 heteroatoms. The molecular weight excluding hydrogens is 222 g/mol. The molecule has 1 nitrogen and oxygen atoms in total. The van der Waals surface area contributed by atoms with Crippen LogP contribution in [0.3, 0.4) is 0 Å². The van der Waals surface area contributed by atoms with Crippen LogP contribution in [0.4, 0.5) is 17.6 Å². The van der Waals surface area contributed by atoms with Crippen molar-refractivity contribution in [3.05, 3.63) is 34.9 Å². The summed E-state index contributed by atoms with van der Waals surface area (Å²) in [5.74, 6) is -6.24. The lowest BCUT2D eigenvalue weighted by Crippen LogP contribution is -2.32. The van der Waals surface area contributed by atoms with Crippen molar-refractivity contribution in [1.82, 2.24) is 0 Å². The van der Waals surface area contributed by atoms with E-state index in [0.29, 0.717) is 18.9 Å². The summed E-state index contributed by atoms with van der Waals surface area (Å²) < 4.78 is 52.3. The second-order valence-electron chi connectivity index (χ2n) is 4.29. The molecular formula is C11H11F4N. The molecule has 1 atom stereocenters. The third kappa shape index (κ3) is 1.42. The maximum absolute atomic E-state index is 13.5. The van der Waals surface area contributed by atoms with Gasteiger partial charge in [-0.15, -0.1) is 0 Å². The van der Waals surface area contributed by atoms with Crippen LogP contribution in [-0.4, -0.2) is 6.04 Å². The molecule has 0 heterocycles. The molecule has 1 aromatic rings. The Morgan fingerprint density at radius 1 is 1.12 bits per heavy atom. The molecule has 0 aliphatic heterocycles. The summed E-state index contributed by atoms with van der Waals surface area (Å²) in [7, 11) is 0. The summed E-state index contributed by atoms with van der Waals surface area (Å²) in [5.41, 5.74) is 4.78. The van der Waals surface area contributed by atoms with Crippen LogP contribution in [0.1, 0.15) is 25.3 Å². The molecule has 0 aromatic heterocycles. The Bertz CT molecular complexity index is 438. The first-order chi connectivity index (χ1) is 7.40. The molecule has 2 rings (SSSR count). The van der Waals surface area contributed by atoms with Crippen LogP contribution >= 0.6 is 0 Å². The van der Waals surface area contributed by atoms with E-state index in [9.17, 15) is 17.6 Å². The quantitative estimate of drug-likeness (QED) is 0.474. The topological polar surface area (TPSA) is 26.0 Å². The number of rotatable bonds is 2. The average molecular weight is 233 g/mol. The zero-order valence-corrected chi connectivity index (χ0v) is 8.66. The van der Waals surface area contributed by atoms with E-state index in [1.165, 1.54) is 0 Å². The highest BCUT2D eigenvalue weighted by Gasteiger charge is 2.50. The largest absolute Gasteiger partial charge is 0.327 e. The van der Waals surface area contributed by atoms with E-state index in [0.717, 1.165) is 0 Å². The first-order valence-corrected chi connectivity index (χ1v) is 4.99. The van der Waals surface area contributed by atoms with Crippen molar-refractivity contribution < 1.29 is 17.6 Å². The molecule has 0 spiro atoms. The van der Waals surface area contributed by atoms with Crippen molar-refractivity contribution in [2.75, 3.05) is 0 Å². The highest BCUT2D eigenvalue weighted by Crippen LogP contribution is 2.51. The molecule has 1 saturated carbocycles. The third-order valence-corrected chi connectivity index (χ3v) is 3.30. The van der Waals surface area contributed by atoms with Gasteiger partial charge in [-0.3, -0.25) is 0 Å². The Kier molecular flexibility index (Phi) is 2.45. The van der Waals surface area contributed by atoms with E-state index in [1.807, 2.05) is 0 Å². The molecule has 0 saturated heterocycles. The van der Waals surface area contributed by atoms with E-state index in [4.69, 9.17) is 5.73 Å². The Balaban J connectivity index is 2.59. The number of halogens is 4. The summed E-state index contributed by atoms with van der Waals surface area (Å²) >= 11 is 0. The Morgan fingerprint density at radius 3 is 2.12 bits per heavy atom. The fraction of sp³-hybridized carbons (Fsp3) is 0.455. The molecule has 16 heavy (non-hydrogen) atoms. The van der Waals surface area contributed by atoms with Crippen LogP contribution in [0.15, 0.2) is 6.07 Å². The smallest absolute Gasteiger partial charge is 0.197 e. The van der Waals surface area contributed by atoms with Gasteiger partial charge < -0.3 is 5.73 Å². The van der Waals surface area contributed by atoms with E-state index < -0.39 is 34.7 Å². The summed E-state index contributed by atoms with van der Waals surface area (Å²) in [5, 5.41) is 0. The zero-order valence-electron chi connectivity index (χ0n) is 8.66. The van der Waals surface area contributed by atoms with E-state index >= 15 is 0 Å². The summed E-state index contributed by atoms with van der Waals surface area (Å²) in [6.07, 6.45) is 1.12. The lowest BCUT2D eigenvalue weighted by Gasteiger charge is -2.21. The Morgan fingerprint density at radius 2 is 1.69 bits per heavy atom. The SMILES string of the molecule is CC(N)C1(c2cc(F)c(F)c(F)c2F)CC1. The molecule has 1 aliphatic rings. The summed E-state index contributed by atoms with van der Waals surface area (Å²) in [6.45, 7) is 1.64. The third-order valence-electron chi connectivity index (χ3n) is 3.30. The first-order valence-electron chi connectivity index (χ1n) is 4.99. The number of nitrogens with two attached hydrogens (primary N) is 1. The van der Waals surface area contributed by atoms with Crippen LogP contribution in [0.25, 0.3) is 0 Å².